The Hall–Kier alpha value is -3.44. The van der Waals surface area contributed by atoms with Gasteiger partial charge in [0.05, 0.1) is 25.3 Å². The minimum atomic E-state index is 0.402. The van der Waals surface area contributed by atoms with Gasteiger partial charge in [-0.05, 0) is 77.2 Å². The van der Waals surface area contributed by atoms with E-state index in [9.17, 15) is 0 Å². The van der Waals surface area contributed by atoms with Crippen molar-refractivity contribution in [3.63, 3.8) is 0 Å². The van der Waals surface area contributed by atoms with Gasteiger partial charge in [0.1, 0.15) is 18.1 Å². The van der Waals surface area contributed by atoms with Crippen molar-refractivity contribution >= 4 is 37.7 Å². The van der Waals surface area contributed by atoms with Crippen molar-refractivity contribution in [2.75, 3.05) is 20.8 Å². The summed E-state index contributed by atoms with van der Waals surface area (Å²) in [6.07, 6.45) is 0.926. The number of halogens is 1. The van der Waals surface area contributed by atoms with Crippen LogP contribution in [0, 0.1) is 0 Å². The van der Waals surface area contributed by atoms with Crippen LogP contribution >= 0.6 is 15.9 Å². The third kappa shape index (κ3) is 4.73. The maximum absolute atomic E-state index is 6.29. The lowest BCUT2D eigenvalue weighted by Crippen LogP contribution is -2.14. The zero-order valence-corrected chi connectivity index (χ0v) is 21.7. The van der Waals surface area contributed by atoms with Gasteiger partial charge in [0.15, 0.2) is 0 Å². The van der Waals surface area contributed by atoms with E-state index in [1.807, 2.05) is 29.0 Å². The van der Waals surface area contributed by atoms with Crippen LogP contribution in [-0.4, -0.2) is 30.4 Å². The molecule has 0 saturated carbocycles. The molecule has 1 atom stereocenters. The smallest absolute Gasteiger partial charge is 0.118 e. The first-order chi connectivity index (χ1) is 17.1. The highest BCUT2D eigenvalue weighted by Crippen LogP contribution is 2.35. The number of fused-ring (bicyclic) bond motifs is 3. The fraction of sp³-hybridized carbons (Fsp3) is 0.200. The van der Waals surface area contributed by atoms with Gasteiger partial charge in [-0.25, -0.2) is 0 Å². The van der Waals surface area contributed by atoms with Crippen LogP contribution in [0.5, 0.6) is 11.5 Å². The summed E-state index contributed by atoms with van der Waals surface area (Å²) >= 11 is 3.62. The number of rotatable bonds is 8. The quantitative estimate of drug-likeness (QED) is 0.192. The number of nitrogens with zero attached hydrogens (tertiary/aromatic N) is 1. The fourth-order valence-electron chi connectivity index (χ4n) is 4.36. The summed E-state index contributed by atoms with van der Waals surface area (Å²) in [5.74, 6) is 1.70. The van der Waals surface area contributed by atoms with Gasteiger partial charge in [-0.15, -0.1) is 0 Å². The molecule has 1 aromatic heterocycles. The highest BCUT2D eigenvalue weighted by atomic mass is 79.9. The van der Waals surface area contributed by atoms with Crippen LogP contribution in [0.25, 0.3) is 44.1 Å². The van der Waals surface area contributed by atoms with Gasteiger partial charge in [-0.1, -0.05) is 59.3 Å². The van der Waals surface area contributed by atoms with E-state index in [0.717, 1.165) is 62.0 Å². The van der Waals surface area contributed by atoms with E-state index in [4.69, 9.17) is 14.3 Å². The maximum atomic E-state index is 6.29. The van der Waals surface area contributed by atoms with Crippen LogP contribution in [0.15, 0.2) is 84.9 Å². The first-order valence-corrected chi connectivity index (χ1v) is 12.6. The zero-order valence-electron chi connectivity index (χ0n) is 20.1. The Kier molecular flexibility index (Phi) is 6.69. The van der Waals surface area contributed by atoms with Crippen molar-refractivity contribution in [2.24, 2.45) is 0 Å². The van der Waals surface area contributed by atoms with Crippen molar-refractivity contribution < 1.29 is 14.3 Å². The van der Waals surface area contributed by atoms with Crippen molar-refractivity contribution in [3.05, 3.63) is 84.9 Å². The Morgan fingerprint density at radius 2 is 1.09 bits per heavy atom. The Morgan fingerprint density at radius 3 is 1.49 bits per heavy atom. The van der Waals surface area contributed by atoms with Crippen LogP contribution < -0.4 is 14.3 Å². The van der Waals surface area contributed by atoms with E-state index < -0.39 is 0 Å². The molecule has 0 radical (unpaired) electrons. The Morgan fingerprint density at radius 1 is 0.657 bits per heavy atom. The predicted molar refractivity (Wildman–Crippen MR) is 148 cm³/mol. The molecule has 5 heteroatoms. The van der Waals surface area contributed by atoms with Gasteiger partial charge in [0, 0.05) is 15.6 Å². The summed E-state index contributed by atoms with van der Waals surface area (Å²) in [6.45, 7) is 2.77. The molecule has 5 aromatic rings. The lowest BCUT2D eigenvalue weighted by atomic mass is 10.00. The van der Waals surface area contributed by atoms with E-state index in [0.29, 0.717) is 11.4 Å². The standard InChI is InChI=1S/C30H28BrNO3/c1-20(31)16-17-35-32-29-14-8-23(21-4-10-25(33-2)11-5-21)18-27(29)28-19-24(9-15-30(28)32)22-6-12-26(34-3)13-7-22/h4-15,18-20H,16-17H2,1-3H3. The maximum Gasteiger partial charge on any atom is 0.118 e. The molecule has 1 heterocycles. The van der Waals surface area contributed by atoms with Crippen molar-refractivity contribution in [3.8, 4) is 33.8 Å². The summed E-state index contributed by atoms with van der Waals surface area (Å²) < 4.78 is 12.6. The lowest BCUT2D eigenvalue weighted by Gasteiger charge is -2.11. The molecule has 0 bridgehead atoms. The molecule has 0 saturated heterocycles. The third-order valence-corrected chi connectivity index (χ3v) is 6.76. The normalized spacial score (nSPS) is 12.1. The van der Waals surface area contributed by atoms with E-state index in [2.05, 4.69) is 83.5 Å². The Labute approximate surface area is 214 Å². The Balaban J connectivity index is 1.64. The molecule has 0 aliphatic heterocycles. The largest absolute Gasteiger partial charge is 0.497 e. The topological polar surface area (TPSA) is 32.6 Å². The van der Waals surface area contributed by atoms with E-state index >= 15 is 0 Å². The van der Waals surface area contributed by atoms with Gasteiger partial charge in [-0.3, -0.25) is 0 Å². The average Bonchev–Trinajstić information content (AvgIpc) is 3.21. The monoisotopic (exact) mass is 529 g/mol. The molecule has 1 unspecified atom stereocenters. The van der Waals surface area contributed by atoms with E-state index in [-0.39, 0.29) is 0 Å². The zero-order chi connectivity index (χ0) is 24.4. The Bertz CT molecular complexity index is 1350. The van der Waals surface area contributed by atoms with Crippen molar-refractivity contribution in [2.45, 2.75) is 18.2 Å². The summed E-state index contributed by atoms with van der Waals surface area (Å²) in [6, 6.07) is 29.5. The molecule has 4 nitrogen and oxygen atoms in total. The highest BCUT2D eigenvalue weighted by molar-refractivity contribution is 9.09. The second kappa shape index (κ2) is 10.0. The number of hydrogen-bond donors (Lipinski definition) is 0. The van der Waals surface area contributed by atoms with Crippen LogP contribution in [0.3, 0.4) is 0 Å². The minimum absolute atomic E-state index is 0.402. The number of ether oxygens (including phenoxy) is 2. The SMILES string of the molecule is COc1ccc(-c2ccc3c(c2)c2cc(-c4ccc(OC)cc4)ccc2n3OCCC(C)Br)cc1. The molecule has 4 aromatic carbocycles. The molecule has 5 rings (SSSR count). The predicted octanol–water partition coefficient (Wildman–Crippen LogP) is 7.75. The number of benzene rings is 4. The van der Waals surface area contributed by atoms with Crippen LogP contribution in [-0.2, 0) is 0 Å². The summed E-state index contributed by atoms with van der Waals surface area (Å²) in [7, 11) is 3.37. The van der Waals surface area contributed by atoms with Gasteiger partial charge < -0.3 is 14.3 Å². The first kappa shape index (κ1) is 23.3. The van der Waals surface area contributed by atoms with Gasteiger partial charge in [-0.2, -0.15) is 4.73 Å². The number of aromatic nitrogens is 1. The van der Waals surface area contributed by atoms with Crippen LogP contribution in [0.2, 0.25) is 0 Å². The van der Waals surface area contributed by atoms with Gasteiger partial charge in [0.25, 0.3) is 0 Å². The molecule has 0 N–H and O–H groups in total. The number of methoxy groups -OCH3 is 2. The van der Waals surface area contributed by atoms with Crippen molar-refractivity contribution in [1.82, 2.24) is 4.73 Å². The van der Waals surface area contributed by atoms with Crippen molar-refractivity contribution in [1.29, 1.82) is 0 Å². The number of hydrogen-bond acceptors (Lipinski definition) is 3. The first-order valence-electron chi connectivity index (χ1n) is 11.7. The molecule has 0 aliphatic rings. The van der Waals surface area contributed by atoms with Crippen LogP contribution in [0.1, 0.15) is 13.3 Å². The molecule has 178 valence electrons. The molecule has 0 spiro atoms. The lowest BCUT2D eigenvalue weighted by molar-refractivity contribution is 0.128. The van der Waals surface area contributed by atoms with Gasteiger partial charge in [0.2, 0.25) is 0 Å². The van der Waals surface area contributed by atoms with Crippen LogP contribution in [0.4, 0.5) is 0 Å². The highest BCUT2D eigenvalue weighted by Gasteiger charge is 2.15. The average molecular weight is 530 g/mol. The third-order valence-electron chi connectivity index (χ3n) is 6.30. The number of alkyl halides is 1. The molecule has 0 amide bonds. The molecular weight excluding hydrogens is 502 g/mol. The van der Waals surface area contributed by atoms with E-state index in [1.54, 1.807) is 14.2 Å². The second-order valence-corrected chi connectivity index (χ2v) is 10.2. The summed E-state index contributed by atoms with van der Waals surface area (Å²) in [5, 5.41) is 2.33. The van der Waals surface area contributed by atoms with E-state index in [1.165, 1.54) is 0 Å². The fourth-order valence-corrected chi connectivity index (χ4v) is 4.55. The summed E-state index contributed by atoms with van der Waals surface area (Å²) in [4.78, 5) is 6.69. The van der Waals surface area contributed by atoms with Gasteiger partial charge >= 0.3 is 0 Å². The molecule has 0 fully saturated rings. The second-order valence-electron chi connectivity index (χ2n) is 8.62. The molecule has 35 heavy (non-hydrogen) atoms. The minimum Gasteiger partial charge on any atom is -0.497 e. The molecular formula is C30H28BrNO3. The summed E-state index contributed by atoms with van der Waals surface area (Å²) in [5.41, 5.74) is 6.73. The molecule has 0 aliphatic carbocycles.